The van der Waals surface area contributed by atoms with Crippen LogP contribution in [-0.2, 0) is 7.05 Å². The summed E-state index contributed by atoms with van der Waals surface area (Å²) in [7, 11) is 3.55. The molecule has 34 heavy (non-hydrogen) atoms. The van der Waals surface area contributed by atoms with Crippen molar-refractivity contribution < 1.29 is 23.8 Å². The van der Waals surface area contributed by atoms with Gasteiger partial charge in [-0.25, -0.2) is 4.79 Å². The number of methoxy groups -OCH3 is 1. The first-order chi connectivity index (χ1) is 16.4. The summed E-state index contributed by atoms with van der Waals surface area (Å²) in [6.45, 7) is 1.78. The van der Waals surface area contributed by atoms with Crippen LogP contribution in [0.25, 0.3) is 17.0 Å². The van der Waals surface area contributed by atoms with Gasteiger partial charge in [-0.05, 0) is 55.0 Å². The van der Waals surface area contributed by atoms with Crippen LogP contribution < -0.4 is 14.2 Å². The number of halogens is 1. The molecular formula is C27H20ClNO5. The molecule has 1 aliphatic heterocycles. The van der Waals surface area contributed by atoms with Gasteiger partial charge in [-0.15, -0.1) is 0 Å². The monoisotopic (exact) mass is 473 g/mol. The van der Waals surface area contributed by atoms with Gasteiger partial charge in [-0.1, -0.05) is 23.7 Å². The Morgan fingerprint density at radius 3 is 2.65 bits per heavy atom. The minimum absolute atomic E-state index is 0.197. The third kappa shape index (κ3) is 3.72. The van der Waals surface area contributed by atoms with Crippen LogP contribution in [0, 0.1) is 6.92 Å². The van der Waals surface area contributed by atoms with Gasteiger partial charge in [0.25, 0.3) is 0 Å². The second-order valence-corrected chi connectivity index (χ2v) is 8.41. The van der Waals surface area contributed by atoms with E-state index in [9.17, 15) is 9.59 Å². The first kappa shape index (κ1) is 21.8. The van der Waals surface area contributed by atoms with E-state index >= 15 is 0 Å². The van der Waals surface area contributed by atoms with Gasteiger partial charge in [-0.2, -0.15) is 0 Å². The maximum Gasteiger partial charge on any atom is 0.345 e. The van der Waals surface area contributed by atoms with Gasteiger partial charge in [0.1, 0.15) is 17.2 Å². The van der Waals surface area contributed by atoms with E-state index in [0.29, 0.717) is 21.9 Å². The molecule has 0 aliphatic carbocycles. The Morgan fingerprint density at radius 1 is 1.09 bits per heavy atom. The number of carbonyl (C=O) groups excluding carboxylic acids is 2. The van der Waals surface area contributed by atoms with Crippen LogP contribution in [0.1, 0.15) is 31.8 Å². The number of benzene rings is 3. The van der Waals surface area contributed by atoms with Crippen LogP contribution >= 0.6 is 11.6 Å². The predicted molar refractivity (Wildman–Crippen MR) is 130 cm³/mol. The molecule has 0 saturated heterocycles. The maximum atomic E-state index is 13.1. The zero-order valence-corrected chi connectivity index (χ0v) is 19.5. The highest BCUT2D eigenvalue weighted by atomic mass is 35.5. The molecule has 1 aromatic heterocycles. The number of esters is 1. The number of hydrogen-bond donors (Lipinski definition) is 0. The van der Waals surface area contributed by atoms with E-state index < -0.39 is 5.97 Å². The Kier molecular flexibility index (Phi) is 5.38. The van der Waals surface area contributed by atoms with Gasteiger partial charge < -0.3 is 18.8 Å². The summed E-state index contributed by atoms with van der Waals surface area (Å²) in [6.07, 6.45) is 3.65. The lowest BCUT2D eigenvalue weighted by Gasteiger charge is -2.08. The van der Waals surface area contributed by atoms with E-state index in [2.05, 4.69) is 0 Å². The molecule has 0 amide bonds. The Morgan fingerprint density at radius 2 is 1.88 bits per heavy atom. The number of rotatable bonds is 4. The van der Waals surface area contributed by atoms with Crippen molar-refractivity contribution in [2.45, 2.75) is 6.92 Å². The third-order valence-corrected chi connectivity index (χ3v) is 6.09. The number of ether oxygens (including phenoxy) is 3. The number of fused-ring (bicyclic) bond motifs is 2. The van der Waals surface area contributed by atoms with Crippen molar-refractivity contribution in [3.05, 3.63) is 93.8 Å². The lowest BCUT2D eigenvalue weighted by atomic mass is 10.0. The Hall–Kier alpha value is -4.03. The number of nitrogens with zero attached hydrogens (tertiary/aromatic N) is 1. The molecule has 170 valence electrons. The summed E-state index contributed by atoms with van der Waals surface area (Å²) in [6, 6.07) is 15.6. The standard InChI is InChI=1S/C27H20ClNO5/c1-15-10-18(33-27(31)19-6-4-5-7-21(19)28)13-23-25(15)26(30)24(34-23)11-16-14-29(2)22-9-8-17(32-3)12-20(16)22/h4-14H,1-3H3/b24-11-. The van der Waals surface area contributed by atoms with Crippen molar-refractivity contribution in [1.29, 1.82) is 0 Å². The van der Waals surface area contributed by atoms with E-state index in [-0.39, 0.29) is 22.9 Å². The fraction of sp³-hybridized carbons (Fsp3) is 0.111. The number of carbonyl (C=O) groups is 2. The molecule has 0 N–H and O–H groups in total. The zero-order valence-electron chi connectivity index (χ0n) is 18.7. The molecule has 1 aliphatic rings. The number of aromatic nitrogens is 1. The van der Waals surface area contributed by atoms with Crippen LogP contribution in [-0.4, -0.2) is 23.4 Å². The molecule has 0 fully saturated rings. The molecule has 4 aromatic rings. The summed E-state index contributed by atoms with van der Waals surface area (Å²) < 4.78 is 18.8. The molecule has 0 saturated carbocycles. The van der Waals surface area contributed by atoms with E-state index in [1.165, 1.54) is 0 Å². The fourth-order valence-corrected chi connectivity index (χ4v) is 4.32. The van der Waals surface area contributed by atoms with Crippen LogP contribution in [0.2, 0.25) is 5.02 Å². The van der Waals surface area contributed by atoms with E-state index in [1.807, 2.05) is 36.0 Å². The van der Waals surface area contributed by atoms with Crippen molar-refractivity contribution in [1.82, 2.24) is 4.57 Å². The summed E-state index contributed by atoms with van der Waals surface area (Å²) in [5.74, 6) is 0.719. The van der Waals surface area contributed by atoms with Gasteiger partial charge in [0, 0.05) is 35.8 Å². The van der Waals surface area contributed by atoms with E-state index in [1.54, 1.807) is 56.5 Å². The molecule has 0 radical (unpaired) electrons. The lowest BCUT2D eigenvalue weighted by Crippen LogP contribution is -2.09. The van der Waals surface area contributed by atoms with Gasteiger partial charge in [0.2, 0.25) is 5.78 Å². The summed E-state index contributed by atoms with van der Waals surface area (Å²) in [4.78, 5) is 25.7. The quantitative estimate of drug-likeness (QED) is 0.207. The normalized spacial score (nSPS) is 13.8. The molecule has 6 nitrogen and oxygen atoms in total. The summed E-state index contributed by atoms with van der Waals surface area (Å²) in [5.41, 5.74) is 3.18. The van der Waals surface area contributed by atoms with E-state index in [0.717, 1.165) is 22.2 Å². The van der Waals surface area contributed by atoms with Crippen molar-refractivity contribution in [3.63, 3.8) is 0 Å². The second-order valence-electron chi connectivity index (χ2n) is 8.00. The van der Waals surface area contributed by atoms with Gasteiger partial charge >= 0.3 is 5.97 Å². The van der Waals surface area contributed by atoms with Crippen molar-refractivity contribution in [2.24, 2.45) is 7.05 Å². The Bertz CT molecular complexity index is 1520. The number of ketones is 1. The summed E-state index contributed by atoms with van der Waals surface area (Å²) in [5, 5.41) is 1.24. The van der Waals surface area contributed by atoms with E-state index in [4.69, 9.17) is 25.8 Å². The average Bonchev–Trinajstić information content (AvgIpc) is 3.30. The molecule has 0 bridgehead atoms. The molecule has 0 spiro atoms. The first-order valence-corrected chi connectivity index (χ1v) is 10.9. The number of hydrogen-bond acceptors (Lipinski definition) is 5. The fourth-order valence-electron chi connectivity index (χ4n) is 4.11. The number of allylic oxidation sites excluding steroid dienone is 1. The van der Waals surface area contributed by atoms with Crippen molar-refractivity contribution >= 4 is 40.3 Å². The smallest absolute Gasteiger partial charge is 0.345 e. The third-order valence-electron chi connectivity index (χ3n) is 5.76. The van der Waals surface area contributed by atoms with Crippen molar-refractivity contribution in [2.75, 3.05) is 7.11 Å². The Balaban J connectivity index is 1.48. The second kappa shape index (κ2) is 8.39. The highest BCUT2D eigenvalue weighted by Gasteiger charge is 2.31. The molecule has 3 aromatic carbocycles. The molecule has 5 rings (SSSR count). The maximum absolute atomic E-state index is 13.1. The molecular weight excluding hydrogens is 454 g/mol. The molecule has 7 heteroatoms. The average molecular weight is 474 g/mol. The number of Topliss-reactive ketones (excluding diaryl/α,β-unsaturated/α-hetero) is 1. The SMILES string of the molecule is COc1ccc2c(c1)c(/C=C1\Oc3cc(OC(=O)c4ccccc4Cl)cc(C)c3C1=O)cn2C. The van der Waals surface area contributed by atoms with Crippen LogP contribution in [0.3, 0.4) is 0 Å². The first-order valence-electron chi connectivity index (χ1n) is 10.5. The molecule has 0 atom stereocenters. The summed E-state index contributed by atoms with van der Waals surface area (Å²) >= 11 is 6.10. The van der Waals surface area contributed by atoms with Crippen LogP contribution in [0.5, 0.6) is 17.2 Å². The minimum Gasteiger partial charge on any atom is -0.497 e. The van der Waals surface area contributed by atoms with Gasteiger partial charge in [-0.3, -0.25) is 4.79 Å². The Labute approximate surface area is 200 Å². The highest BCUT2D eigenvalue weighted by molar-refractivity contribution is 6.33. The van der Waals surface area contributed by atoms with Crippen molar-refractivity contribution in [3.8, 4) is 17.2 Å². The molecule has 0 unspecified atom stereocenters. The molecule has 2 heterocycles. The topological polar surface area (TPSA) is 66.8 Å². The highest BCUT2D eigenvalue weighted by Crippen LogP contribution is 2.38. The van der Waals surface area contributed by atoms with Gasteiger partial charge in [0.05, 0.1) is 23.3 Å². The largest absolute Gasteiger partial charge is 0.497 e. The minimum atomic E-state index is -0.588. The van der Waals surface area contributed by atoms with Crippen LogP contribution in [0.15, 0.2) is 66.6 Å². The van der Waals surface area contributed by atoms with Crippen LogP contribution in [0.4, 0.5) is 0 Å². The van der Waals surface area contributed by atoms with Gasteiger partial charge in [0.15, 0.2) is 5.76 Å². The number of aryl methyl sites for hydroxylation is 2. The lowest BCUT2D eigenvalue weighted by molar-refractivity contribution is 0.0734. The predicted octanol–water partition coefficient (Wildman–Crippen LogP) is 5.98. The zero-order chi connectivity index (χ0) is 24.0.